The lowest BCUT2D eigenvalue weighted by molar-refractivity contribution is -0.140. The lowest BCUT2D eigenvalue weighted by Crippen LogP contribution is -2.41. The van der Waals surface area contributed by atoms with Gasteiger partial charge < -0.3 is 20.4 Å². The average molecular weight is 409 g/mol. The number of carboxylic acids is 2. The summed E-state index contributed by atoms with van der Waals surface area (Å²) in [6.07, 6.45) is -0.750. The fourth-order valence-corrected chi connectivity index (χ4v) is 2.63. The summed E-state index contributed by atoms with van der Waals surface area (Å²) < 4.78 is 14.3. The van der Waals surface area contributed by atoms with Crippen molar-refractivity contribution in [3.63, 3.8) is 0 Å². The molecule has 10 heteroatoms. The van der Waals surface area contributed by atoms with E-state index in [0.717, 1.165) is 6.07 Å². The molecular weight excluding hydrogens is 390 g/mol. The van der Waals surface area contributed by atoms with E-state index >= 15 is 0 Å². The summed E-state index contributed by atoms with van der Waals surface area (Å²) in [4.78, 5) is 35.6. The van der Waals surface area contributed by atoms with E-state index in [1.54, 1.807) is 4.90 Å². The molecule has 7 nitrogen and oxygen atoms in total. The predicted octanol–water partition coefficient (Wildman–Crippen LogP) is 2.16. The van der Waals surface area contributed by atoms with Crippen molar-refractivity contribution in [1.82, 2.24) is 5.32 Å². The van der Waals surface area contributed by atoms with Crippen molar-refractivity contribution in [1.29, 1.82) is 0 Å². The Morgan fingerprint density at radius 3 is 2.23 bits per heavy atom. The molecule has 144 valence electrons. The van der Waals surface area contributed by atoms with Crippen LogP contribution < -0.4 is 10.2 Å². The zero-order valence-corrected chi connectivity index (χ0v) is 15.3. The van der Waals surface area contributed by atoms with E-state index < -0.39 is 36.1 Å². The van der Waals surface area contributed by atoms with Gasteiger partial charge in [-0.15, -0.1) is 23.2 Å². The first kappa shape index (κ1) is 22.0. The molecule has 1 atom stereocenters. The fraction of sp³-hybridized carbons (Fsp3) is 0.438. The highest BCUT2D eigenvalue weighted by Crippen LogP contribution is 2.19. The Bertz CT molecular complexity index is 654. The highest BCUT2D eigenvalue weighted by molar-refractivity contribution is 6.18. The smallest absolute Gasteiger partial charge is 0.326 e. The van der Waals surface area contributed by atoms with Crippen LogP contribution in [-0.4, -0.2) is 59.0 Å². The van der Waals surface area contributed by atoms with Crippen molar-refractivity contribution in [3.05, 3.63) is 29.6 Å². The van der Waals surface area contributed by atoms with Crippen LogP contribution in [0.1, 0.15) is 23.2 Å². The number of hydrogen-bond acceptors (Lipinski definition) is 4. The van der Waals surface area contributed by atoms with Crippen molar-refractivity contribution in [2.24, 2.45) is 0 Å². The van der Waals surface area contributed by atoms with Gasteiger partial charge in [-0.05, 0) is 24.6 Å². The van der Waals surface area contributed by atoms with Gasteiger partial charge in [-0.1, -0.05) is 0 Å². The Morgan fingerprint density at radius 1 is 1.15 bits per heavy atom. The summed E-state index contributed by atoms with van der Waals surface area (Å²) in [5, 5.41) is 19.8. The van der Waals surface area contributed by atoms with Crippen LogP contribution in [0.4, 0.5) is 10.1 Å². The molecule has 0 heterocycles. The van der Waals surface area contributed by atoms with Gasteiger partial charge in [-0.2, -0.15) is 0 Å². The van der Waals surface area contributed by atoms with E-state index in [4.69, 9.17) is 33.4 Å². The van der Waals surface area contributed by atoms with Gasteiger partial charge in [-0.3, -0.25) is 9.59 Å². The number of carbonyl (C=O) groups excluding carboxylic acids is 1. The highest BCUT2D eigenvalue weighted by Gasteiger charge is 2.23. The number of halogens is 3. The summed E-state index contributed by atoms with van der Waals surface area (Å²) in [7, 11) is 0. The van der Waals surface area contributed by atoms with E-state index in [9.17, 15) is 18.8 Å². The van der Waals surface area contributed by atoms with Gasteiger partial charge in [0.05, 0.1) is 5.56 Å². The number of nitrogens with zero attached hydrogens (tertiary/aromatic N) is 1. The third kappa shape index (κ3) is 6.68. The maximum Gasteiger partial charge on any atom is 0.326 e. The molecule has 0 fully saturated rings. The van der Waals surface area contributed by atoms with Gasteiger partial charge in [0, 0.05) is 37.0 Å². The number of aliphatic carboxylic acids is 2. The van der Waals surface area contributed by atoms with Crippen LogP contribution in [-0.2, 0) is 9.59 Å². The van der Waals surface area contributed by atoms with E-state index in [1.165, 1.54) is 12.1 Å². The third-order valence-corrected chi connectivity index (χ3v) is 3.86. The van der Waals surface area contributed by atoms with Crippen molar-refractivity contribution in [2.75, 3.05) is 29.7 Å². The molecule has 0 radical (unpaired) electrons. The molecule has 0 aliphatic carbocycles. The first-order valence-electron chi connectivity index (χ1n) is 7.72. The highest BCUT2D eigenvalue weighted by atomic mass is 35.5. The van der Waals surface area contributed by atoms with Crippen LogP contribution in [0.25, 0.3) is 0 Å². The summed E-state index contributed by atoms with van der Waals surface area (Å²) in [6, 6.07) is 2.44. The Labute approximate surface area is 159 Å². The molecule has 0 bridgehead atoms. The maximum absolute atomic E-state index is 14.3. The lowest BCUT2D eigenvalue weighted by Gasteiger charge is -2.23. The van der Waals surface area contributed by atoms with Crippen LogP contribution in [0.5, 0.6) is 0 Å². The largest absolute Gasteiger partial charge is 0.481 e. The first-order chi connectivity index (χ1) is 12.3. The lowest BCUT2D eigenvalue weighted by atomic mass is 10.1. The number of nitrogens with one attached hydrogen (secondary N) is 1. The second-order valence-electron chi connectivity index (χ2n) is 5.33. The van der Waals surface area contributed by atoms with E-state index in [1.807, 2.05) is 0 Å². The van der Waals surface area contributed by atoms with Gasteiger partial charge in [0.25, 0.3) is 5.91 Å². The molecule has 0 aliphatic rings. The van der Waals surface area contributed by atoms with Gasteiger partial charge in [0.1, 0.15) is 11.9 Å². The molecule has 1 amide bonds. The normalized spacial score (nSPS) is 11.7. The Kier molecular flexibility index (Phi) is 9.15. The minimum Gasteiger partial charge on any atom is -0.481 e. The van der Waals surface area contributed by atoms with Crippen molar-refractivity contribution in [2.45, 2.75) is 18.9 Å². The molecular formula is C16H19Cl2FN2O5. The summed E-state index contributed by atoms with van der Waals surface area (Å²) in [6.45, 7) is 0.880. The molecule has 0 aliphatic heterocycles. The number of hydrogen-bond donors (Lipinski definition) is 3. The number of carboxylic acid groups (broad SMARTS) is 2. The molecule has 0 aromatic heterocycles. The number of alkyl halides is 2. The topological polar surface area (TPSA) is 107 Å². The number of rotatable bonds is 11. The van der Waals surface area contributed by atoms with Crippen LogP contribution in [0.3, 0.4) is 0 Å². The third-order valence-electron chi connectivity index (χ3n) is 3.52. The number of anilines is 1. The summed E-state index contributed by atoms with van der Waals surface area (Å²) in [5.74, 6) is -3.74. The fourth-order valence-electron chi connectivity index (χ4n) is 2.22. The van der Waals surface area contributed by atoms with E-state index in [2.05, 4.69) is 5.32 Å². The minimum absolute atomic E-state index is 0.310. The van der Waals surface area contributed by atoms with Crippen LogP contribution >= 0.6 is 23.2 Å². The van der Waals surface area contributed by atoms with Gasteiger partial charge in [0.2, 0.25) is 0 Å². The second kappa shape index (κ2) is 10.8. The standard InChI is InChI=1S/C16H19Cl2FN2O5/c17-5-7-21(8-6-18)10-1-2-11(12(19)9-10)15(24)20-13(16(25)26)3-4-14(22)23/h1-2,9,13H,3-8H2,(H,20,24)(H,22,23)(H,25,26)/t13-/m0/s1. The molecule has 0 spiro atoms. The van der Waals surface area contributed by atoms with Gasteiger partial charge in [0.15, 0.2) is 0 Å². The van der Waals surface area contributed by atoms with Crippen molar-refractivity contribution in [3.8, 4) is 0 Å². The number of benzene rings is 1. The van der Waals surface area contributed by atoms with Crippen molar-refractivity contribution >= 4 is 46.7 Å². The Balaban J connectivity index is 2.91. The zero-order valence-electron chi connectivity index (χ0n) is 13.8. The van der Waals surface area contributed by atoms with E-state index in [0.29, 0.717) is 30.5 Å². The average Bonchev–Trinajstić information content (AvgIpc) is 2.57. The molecule has 1 rings (SSSR count). The van der Waals surface area contributed by atoms with Gasteiger partial charge in [-0.25, -0.2) is 9.18 Å². The zero-order chi connectivity index (χ0) is 19.7. The summed E-state index contributed by atoms with van der Waals surface area (Å²) >= 11 is 11.4. The second-order valence-corrected chi connectivity index (χ2v) is 6.08. The predicted molar refractivity (Wildman–Crippen MR) is 95.8 cm³/mol. The van der Waals surface area contributed by atoms with Crippen LogP contribution in [0.15, 0.2) is 18.2 Å². The SMILES string of the molecule is O=C(O)CC[C@H](NC(=O)c1ccc(N(CCCl)CCCl)cc1F)C(=O)O. The molecule has 26 heavy (non-hydrogen) atoms. The van der Waals surface area contributed by atoms with Crippen LogP contribution in [0, 0.1) is 5.82 Å². The number of amides is 1. The monoisotopic (exact) mass is 408 g/mol. The van der Waals surface area contributed by atoms with Gasteiger partial charge >= 0.3 is 11.9 Å². The van der Waals surface area contributed by atoms with E-state index in [-0.39, 0.29) is 12.0 Å². The maximum atomic E-state index is 14.3. The first-order valence-corrected chi connectivity index (χ1v) is 8.79. The molecule has 1 aromatic carbocycles. The molecule has 3 N–H and O–H groups in total. The minimum atomic E-state index is -1.43. The molecule has 0 saturated carbocycles. The van der Waals surface area contributed by atoms with Crippen molar-refractivity contribution < 1.29 is 29.0 Å². The molecule has 0 unspecified atom stereocenters. The Morgan fingerprint density at radius 2 is 1.77 bits per heavy atom. The summed E-state index contributed by atoms with van der Waals surface area (Å²) in [5.41, 5.74) is 0.146. The number of carbonyl (C=O) groups is 3. The molecule has 0 saturated heterocycles. The quantitative estimate of drug-likeness (QED) is 0.484. The van der Waals surface area contributed by atoms with Crippen LogP contribution in [0.2, 0.25) is 0 Å². The molecule has 1 aromatic rings. The Hall–Kier alpha value is -2.06.